The van der Waals surface area contributed by atoms with Gasteiger partial charge < -0.3 is 9.80 Å². The fourth-order valence-electron chi connectivity index (χ4n) is 6.91. The van der Waals surface area contributed by atoms with Crippen molar-refractivity contribution in [2.24, 2.45) is 0 Å². The van der Waals surface area contributed by atoms with E-state index in [0.717, 1.165) is 0 Å². The molecule has 43 heavy (non-hydrogen) atoms. The zero-order chi connectivity index (χ0) is 30.5. The minimum atomic E-state index is 0.502. The largest absolute Gasteiger partial charge is 0.356 e. The van der Waals surface area contributed by atoms with Crippen molar-refractivity contribution < 1.29 is 0 Å². The van der Waals surface area contributed by atoms with Crippen molar-refractivity contribution in [3.8, 4) is 0 Å². The van der Waals surface area contributed by atoms with Crippen LogP contribution < -0.4 is 4.90 Å². The monoisotopic (exact) mass is 595 g/mol. The maximum Gasteiger partial charge on any atom is 0.105 e. The third-order valence-electron chi connectivity index (χ3n) is 9.76. The van der Waals surface area contributed by atoms with Gasteiger partial charge in [0.05, 0.1) is 0 Å². The van der Waals surface area contributed by atoms with Crippen LogP contribution in [0.15, 0.2) is 42.7 Å². The van der Waals surface area contributed by atoms with Crippen LogP contribution in [0.1, 0.15) is 200 Å². The van der Waals surface area contributed by atoms with Crippen LogP contribution in [0.5, 0.6) is 0 Å². The van der Waals surface area contributed by atoms with Crippen molar-refractivity contribution in [2.45, 2.75) is 206 Å². The van der Waals surface area contributed by atoms with E-state index in [1.54, 1.807) is 0 Å². The second kappa shape index (κ2) is 28.1. The molecule has 2 nitrogen and oxygen atoms in total. The summed E-state index contributed by atoms with van der Waals surface area (Å²) in [6, 6.07) is 11.0. The Bertz CT molecular complexity index is 728. The standard InChI is InChI=1S/C41H74N2/c1-3-5-7-9-11-13-15-16-17-18-19-20-22-24-26-28-33-37-42-38-39-43(40-34-30-29-31-35-40)41(42)36-32-27-25-23-21-14-12-10-8-6-4-2/h29-31,34-35,38-39,41H,3-28,32-33,36-37H2,1-2H3. The van der Waals surface area contributed by atoms with Crippen LogP contribution >= 0.6 is 0 Å². The first kappa shape index (κ1) is 37.7. The van der Waals surface area contributed by atoms with Gasteiger partial charge in [-0.2, -0.15) is 0 Å². The predicted octanol–water partition coefficient (Wildman–Crippen LogP) is 14.0. The summed E-state index contributed by atoms with van der Waals surface area (Å²) >= 11 is 0. The van der Waals surface area contributed by atoms with Gasteiger partial charge in [-0.15, -0.1) is 0 Å². The van der Waals surface area contributed by atoms with Gasteiger partial charge in [-0.05, 0) is 31.4 Å². The highest BCUT2D eigenvalue weighted by atomic mass is 15.4. The second-order valence-corrected chi connectivity index (χ2v) is 13.7. The maximum absolute atomic E-state index is 2.65. The van der Waals surface area contributed by atoms with Gasteiger partial charge in [0.15, 0.2) is 0 Å². The molecule has 0 fully saturated rings. The molecule has 0 aromatic heterocycles. The third kappa shape index (κ3) is 19.5. The van der Waals surface area contributed by atoms with Gasteiger partial charge in [-0.3, -0.25) is 0 Å². The van der Waals surface area contributed by atoms with Crippen molar-refractivity contribution in [1.29, 1.82) is 0 Å². The lowest BCUT2D eigenvalue weighted by Crippen LogP contribution is -2.39. The van der Waals surface area contributed by atoms with E-state index < -0.39 is 0 Å². The Kier molecular flexibility index (Phi) is 24.6. The van der Waals surface area contributed by atoms with Crippen molar-refractivity contribution >= 4 is 5.69 Å². The van der Waals surface area contributed by atoms with Gasteiger partial charge in [-0.1, -0.05) is 199 Å². The normalized spacial score (nSPS) is 14.8. The number of para-hydroxylation sites is 1. The molecule has 0 saturated carbocycles. The SMILES string of the molecule is CCCCCCCCCCCCCCCCCCCN1C=CN(c2ccccc2)C1CCCCCCCCCCCCC. The van der Waals surface area contributed by atoms with Crippen molar-refractivity contribution in [3.05, 3.63) is 42.7 Å². The number of anilines is 1. The Morgan fingerprint density at radius 2 is 0.791 bits per heavy atom. The molecule has 2 rings (SSSR count). The van der Waals surface area contributed by atoms with Crippen LogP contribution in [0.3, 0.4) is 0 Å². The number of hydrogen-bond acceptors (Lipinski definition) is 2. The highest BCUT2D eigenvalue weighted by molar-refractivity contribution is 5.51. The fraction of sp³-hybridized carbons (Fsp3) is 0.805. The first-order valence-electron chi connectivity index (χ1n) is 19.6. The number of rotatable bonds is 31. The Morgan fingerprint density at radius 3 is 1.21 bits per heavy atom. The van der Waals surface area contributed by atoms with Gasteiger partial charge >= 0.3 is 0 Å². The van der Waals surface area contributed by atoms with E-state index >= 15 is 0 Å². The van der Waals surface area contributed by atoms with E-state index in [0.29, 0.717) is 6.17 Å². The van der Waals surface area contributed by atoms with Crippen molar-refractivity contribution in [3.63, 3.8) is 0 Å². The van der Waals surface area contributed by atoms with Gasteiger partial charge in [0.2, 0.25) is 0 Å². The molecule has 2 heteroatoms. The van der Waals surface area contributed by atoms with Crippen molar-refractivity contribution in [1.82, 2.24) is 4.90 Å². The lowest BCUT2D eigenvalue weighted by molar-refractivity contribution is 0.273. The molecule has 0 N–H and O–H groups in total. The summed E-state index contributed by atoms with van der Waals surface area (Å²) in [5.41, 5.74) is 1.34. The van der Waals surface area contributed by atoms with E-state index in [1.165, 1.54) is 198 Å². The average Bonchev–Trinajstić information content (AvgIpc) is 3.44. The molecule has 0 spiro atoms. The zero-order valence-electron chi connectivity index (χ0n) is 29.2. The molecular formula is C41H74N2. The number of nitrogens with zero attached hydrogens (tertiary/aromatic N) is 2. The fourth-order valence-corrected chi connectivity index (χ4v) is 6.91. The molecule has 1 aliphatic heterocycles. The molecule has 1 atom stereocenters. The number of unbranched alkanes of at least 4 members (excludes halogenated alkanes) is 26. The maximum atomic E-state index is 2.65. The quantitative estimate of drug-likeness (QED) is 0.0789. The molecule has 0 bridgehead atoms. The van der Waals surface area contributed by atoms with Gasteiger partial charge in [0.25, 0.3) is 0 Å². The van der Waals surface area contributed by atoms with Crippen LogP contribution in [-0.4, -0.2) is 17.6 Å². The van der Waals surface area contributed by atoms with Crippen LogP contribution in [0.2, 0.25) is 0 Å². The average molecular weight is 595 g/mol. The summed E-state index contributed by atoms with van der Waals surface area (Å²) in [5, 5.41) is 0. The highest BCUT2D eigenvalue weighted by Crippen LogP contribution is 2.28. The topological polar surface area (TPSA) is 6.48 Å². The first-order chi connectivity index (χ1) is 21.4. The molecule has 1 aromatic carbocycles. The molecule has 1 aliphatic rings. The third-order valence-corrected chi connectivity index (χ3v) is 9.76. The first-order valence-corrected chi connectivity index (χ1v) is 19.6. The van der Waals surface area contributed by atoms with Crippen LogP contribution in [0, 0.1) is 0 Å². The van der Waals surface area contributed by atoms with Crippen LogP contribution in [-0.2, 0) is 0 Å². The van der Waals surface area contributed by atoms with E-state index in [4.69, 9.17) is 0 Å². The summed E-state index contributed by atoms with van der Waals surface area (Å²) in [4.78, 5) is 5.18. The van der Waals surface area contributed by atoms with Gasteiger partial charge in [0, 0.05) is 24.6 Å². The van der Waals surface area contributed by atoms with E-state index in [2.05, 4.69) is 66.4 Å². The molecule has 248 valence electrons. The van der Waals surface area contributed by atoms with Gasteiger partial charge in [0.1, 0.15) is 6.17 Å². The van der Waals surface area contributed by atoms with Crippen LogP contribution in [0.25, 0.3) is 0 Å². The van der Waals surface area contributed by atoms with Crippen LogP contribution in [0.4, 0.5) is 5.69 Å². The summed E-state index contributed by atoms with van der Waals surface area (Å²) in [6.45, 7) is 5.82. The summed E-state index contributed by atoms with van der Waals surface area (Å²) < 4.78 is 0. The Hall–Kier alpha value is -1.44. The molecule has 0 amide bonds. The molecule has 1 unspecified atom stereocenters. The molecule has 0 radical (unpaired) electrons. The smallest absolute Gasteiger partial charge is 0.105 e. The van der Waals surface area contributed by atoms with E-state index in [9.17, 15) is 0 Å². The Morgan fingerprint density at radius 1 is 0.419 bits per heavy atom. The van der Waals surface area contributed by atoms with E-state index in [-0.39, 0.29) is 0 Å². The number of benzene rings is 1. The van der Waals surface area contributed by atoms with Gasteiger partial charge in [-0.25, -0.2) is 0 Å². The molecule has 0 aliphatic carbocycles. The minimum Gasteiger partial charge on any atom is -0.356 e. The van der Waals surface area contributed by atoms with Crippen molar-refractivity contribution in [2.75, 3.05) is 11.4 Å². The lowest BCUT2D eigenvalue weighted by atomic mass is 10.0. The van der Waals surface area contributed by atoms with E-state index in [1.807, 2.05) is 0 Å². The summed E-state index contributed by atoms with van der Waals surface area (Å²) in [7, 11) is 0. The molecule has 0 saturated heterocycles. The molecule has 1 aromatic rings. The molecular weight excluding hydrogens is 520 g/mol. The zero-order valence-corrected chi connectivity index (χ0v) is 29.2. The summed E-state index contributed by atoms with van der Waals surface area (Å²) in [6.07, 6.45) is 46.6. The molecule has 1 heterocycles. The Balaban J connectivity index is 1.50. The minimum absolute atomic E-state index is 0.502. The predicted molar refractivity (Wildman–Crippen MR) is 194 cm³/mol. The number of hydrogen-bond donors (Lipinski definition) is 0. The lowest BCUT2D eigenvalue weighted by Gasteiger charge is -2.33. The Labute approximate surface area is 270 Å². The summed E-state index contributed by atoms with van der Waals surface area (Å²) in [5.74, 6) is 0. The second-order valence-electron chi connectivity index (χ2n) is 13.7. The highest BCUT2D eigenvalue weighted by Gasteiger charge is 2.26.